The maximum atomic E-state index is 9.21. The van der Waals surface area contributed by atoms with Gasteiger partial charge in [-0.2, -0.15) is 0 Å². The second-order valence-corrected chi connectivity index (χ2v) is 4.26. The Morgan fingerprint density at radius 1 is 1.57 bits per heavy atom. The minimum atomic E-state index is -0.259. The van der Waals surface area contributed by atoms with Crippen molar-refractivity contribution in [1.29, 1.82) is 0 Å². The Hall–Kier alpha value is -0.790. The first kappa shape index (κ1) is 11.3. The molecule has 0 amide bonds. The van der Waals surface area contributed by atoms with E-state index in [1.54, 1.807) is 6.08 Å². The Morgan fingerprint density at radius 2 is 2.29 bits per heavy atom. The molecule has 1 aromatic carbocycles. The third kappa shape index (κ3) is 2.86. The zero-order valence-electron chi connectivity index (χ0n) is 8.33. The molecule has 0 spiro atoms. The number of aliphatic hydroxyl groups excluding tert-OH is 1. The van der Waals surface area contributed by atoms with Gasteiger partial charge in [-0.15, -0.1) is 6.58 Å². The molecule has 14 heavy (non-hydrogen) atoms. The predicted molar refractivity (Wildman–Crippen MR) is 60.5 cm³/mol. The van der Waals surface area contributed by atoms with Crippen molar-refractivity contribution < 1.29 is 5.11 Å². The fraction of sp³-hybridized carbons (Fsp3) is 0.333. The smallest absolute Gasteiger partial charge is 0.0522 e. The summed E-state index contributed by atoms with van der Waals surface area (Å²) in [5.74, 6) is 0. The molecule has 0 saturated carbocycles. The highest BCUT2D eigenvalue weighted by Gasteiger charge is 2.19. The van der Waals surface area contributed by atoms with Gasteiger partial charge >= 0.3 is 0 Å². The topological polar surface area (TPSA) is 20.2 Å². The lowest BCUT2D eigenvalue weighted by molar-refractivity contribution is 0.184. The van der Waals surface area contributed by atoms with Crippen molar-refractivity contribution in [2.24, 2.45) is 5.41 Å². The van der Waals surface area contributed by atoms with Crippen molar-refractivity contribution >= 4 is 11.6 Å². The number of hydrogen-bond acceptors (Lipinski definition) is 1. The van der Waals surface area contributed by atoms with E-state index in [4.69, 9.17) is 11.6 Å². The zero-order chi connectivity index (χ0) is 10.6. The van der Waals surface area contributed by atoms with Gasteiger partial charge in [-0.3, -0.25) is 0 Å². The molecule has 0 saturated heterocycles. The molecule has 0 aliphatic carbocycles. The molecule has 2 heteroatoms. The van der Waals surface area contributed by atoms with Crippen LogP contribution in [0.15, 0.2) is 36.9 Å². The summed E-state index contributed by atoms with van der Waals surface area (Å²) in [6.07, 6.45) is 2.54. The van der Waals surface area contributed by atoms with Crippen molar-refractivity contribution in [2.45, 2.75) is 13.3 Å². The lowest BCUT2D eigenvalue weighted by Crippen LogP contribution is -2.21. The molecule has 1 aromatic rings. The number of hydrogen-bond donors (Lipinski definition) is 1. The molecular formula is C12H15ClO. The molecule has 1 rings (SSSR count). The first-order valence-electron chi connectivity index (χ1n) is 4.58. The summed E-state index contributed by atoms with van der Waals surface area (Å²) in [5, 5.41) is 9.94. The van der Waals surface area contributed by atoms with Gasteiger partial charge in [0.25, 0.3) is 0 Å². The first-order chi connectivity index (χ1) is 6.59. The van der Waals surface area contributed by atoms with Crippen LogP contribution >= 0.6 is 11.6 Å². The number of benzene rings is 1. The van der Waals surface area contributed by atoms with E-state index >= 15 is 0 Å². The second kappa shape index (κ2) is 4.63. The van der Waals surface area contributed by atoms with Crippen molar-refractivity contribution in [1.82, 2.24) is 0 Å². The lowest BCUT2D eigenvalue weighted by Gasteiger charge is -2.22. The summed E-state index contributed by atoms with van der Waals surface area (Å²) >= 11 is 5.87. The SMILES string of the molecule is C=CC(C)(CO)Cc1cccc(Cl)c1. The third-order valence-corrected chi connectivity index (χ3v) is 2.59. The lowest BCUT2D eigenvalue weighted by atomic mass is 9.85. The van der Waals surface area contributed by atoms with E-state index in [1.165, 1.54) is 0 Å². The molecule has 0 aliphatic heterocycles. The Kier molecular flexibility index (Phi) is 3.73. The highest BCUT2D eigenvalue weighted by atomic mass is 35.5. The summed E-state index contributed by atoms with van der Waals surface area (Å²) in [7, 11) is 0. The highest BCUT2D eigenvalue weighted by Crippen LogP contribution is 2.24. The van der Waals surface area contributed by atoms with Gasteiger partial charge in [0.1, 0.15) is 0 Å². The Morgan fingerprint density at radius 3 is 2.79 bits per heavy atom. The van der Waals surface area contributed by atoms with Crippen LogP contribution < -0.4 is 0 Å². The van der Waals surface area contributed by atoms with E-state index in [0.717, 1.165) is 17.0 Å². The second-order valence-electron chi connectivity index (χ2n) is 3.82. The molecule has 1 N–H and O–H groups in total. The molecule has 0 aromatic heterocycles. The van der Waals surface area contributed by atoms with Gasteiger partial charge in [0, 0.05) is 10.4 Å². The van der Waals surface area contributed by atoms with E-state index in [-0.39, 0.29) is 12.0 Å². The van der Waals surface area contributed by atoms with Gasteiger partial charge in [0.15, 0.2) is 0 Å². The van der Waals surface area contributed by atoms with Crippen molar-refractivity contribution in [3.05, 3.63) is 47.5 Å². The summed E-state index contributed by atoms with van der Waals surface area (Å²) in [6, 6.07) is 7.68. The van der Waals surface area contributed by atoms with Gasteiger partial charge < -0.3 is 5.11 Å². The molecule has 0 aliphatic rings. The molecule has 0 fully saturated rings. The van der Waals surface area contributed by atoms with Crippen LogP contribution in [0, 0.1) is 5.41 Å². The molecule has 1 atom stereocenters. The van der Waals surface area contributed by atoms with Crippen LogP contribution in [0.5, 0.6) is 0 Å². The van der Waals surface area contributed by atoms with E-state index in [9.17, 15) is 5.11 Å². The van der Waals surface area contributed by atoms with Gasteiger partial charge in [-0.25, -0.2) is 0 Å². The normalized spacial score (nSPS) is 14.8. The largest absolute Gasteiger partial charge is 0.395 e. The molecular weight excluding hydrogens is 196 g/mol. The molecule has 0 heterocycles. The van der Waals surface area contributed by atoms with Gasteiger partial charge in [0.2, 0.25) is 0 Å². The summed E-state index contributed by atoms with van der Waals surface area (Å²) in [4.78, 5) is 0. The Balaban J connectivity index is 2.82. The van der Waals surface area contributed by atoms with Crippen LogP contribution in [0.1, 0.15) is 12.5 Å². The van der Waals surface area contributed by atoms with Crippen molar-refractivity contribution in [2.75, 3.05) is 6.61 Å². The van der Waals surface area contributed by atoms with Crippen LogP contribution in [0.4, 0.5) is 0 Å². The van der Waals surface area contributed by atoms with E-state index in [1.807, 2.05) is 31.2 Å². The van der Waals surface area contributed by atoms with Gasteiger partial charge in [-0.1, -0.05) is 36.7 Å². The fourth-order valence-electron chi connectivity index (χ4n) is 1.31. The van der Waals surface area contributed by atoms with Crippen LogP contribution in [-0.4, -0.2) is 11.7 Å². The predicted octanol–water partition coefficient (Wildman–Crippen LogP) is 3.07. The maximum absolute atomic E-state index is 9.21. The van der Waals surface area contributed by atoms with E-state index < -0.39 is 0 Å². The van der Waals surface area contributed by atoms with Crippen LogP contribution in [0.2, 0.25) is 5.02 Å². The first-order valence-corrected chi connectivity index (χ1v) is 4.96. The summed E-state index contributed by atoms with van der Waals surface area (Å²) in [5.41, 5.74) is 0.860. The van der Waals surface area contributed by atoms with Crippen molar-refractivity contribution in [3.8, 4) is 0 Å². The monoisotopic (exact) mass is 210 g/mol. The average Bonchev–Trinajstić information content (AvgIpc) is 2.18. The molecule has 1 unspecified atom stereocenters. The Bertz CT molecular complexity index is 322. The molecule has 1 nitrogen and oxygen atoms in total. The standard InChI is InChI=1S/C12H15ClO/c1-3-12(2,9-14)8-10-5-4-6-11(13)7-10/h3-7,14H,1,8-9H2,2H3. The molecule has 0 radical (unpaired) electrons. The Labute approximate surface area is 90.0 Å². The number of rotatable bonds is 4. The molecule has 76 valence electrons. The zero-order valence-corrected chi connectivity index (χ0v) is 9.09. The minimum Gasteiger partial charge on any atom is -0.395 e. The van der Waals surface area contributed by atoms with E-state index in [0.29, 0.717) is 0 Å². The average molecular weight is 211 g/mol. The van der Waals surface area contributed by atoms with Gasteiger partial charge in [0.05, 0.1) is 6.61 Å². The van der Waals surface area contributed by atoms with Gasteiger partial charge in [-0.05, 0) is 24.1 Å². The number of halogens is 1. The van der Waals surface area contributed by atoms with Crippen molar-refractivity contribution in [3.63, 3.8) is 0 Å². The number of aliphatic hydroxyl groups is 1. The highest BCUT2D eigenvalue weighted by molar-refractivity contribution is 6.30. The van der Waals surface area contributed by atoms with Crippen LogP contribution in [-0.2, 0) is 6.42 Å². The maximum Gasteiger partial charge on any atom is 0.0522 e. The van der Waals surface area contributed by atoms with Crippen LogP contribution in [0.3, 0.4) is 0 Å². The van der Waals surface area contributed by atoms with E-state index in [2.05, 4.69) is 6.58 Å². The van der Waals surface area contributed by atoms with Crippen LogP contribution in [0.25, 0.3) is 0 Å². The minimum absolute atomic E-state index is 0.100. The molecule has 0 bridgehead atoms. The quantitative estimate of drug-likeness (QED) is 0.758. The summed E-state index contributed by atoms with van der Waals surface area (Å²) in [6.45, 7) is 5.80. The third-order valence-electron chi connectivity index (χ3n) is 2.35. The fourth-order valence-corrected chi connectivity index (χ4v) is 1.52. The summed E-state index contributed by atoms with van der Waals surface area (Å²) < 4.78 is 0.